The van der Waals surface area contributed by atoms with Gasteiger partial charge >= 0.3 is 0 Å². The number of rotatable bonds is 9. The number of ether oxygens (including phenoxy) is 1. The standard InChI is InChI=1S/C18H27ClN4O2.HI/c1-5-11-20-18(22-13-17(24)23(3)4)21-12-14(6-2)25-16-10-8-7-9-15(16)19;/h5,7-10,14H,1,6,11-13H2,2-4H3,(H2,20,21,22);1H. The summed E-state index contributed by atoms with van der Waals surface area (Å²) >= 11 is 6.14. The van der Waals surface area contributed by atoms with Crippen LogP contribution in [0.25, 0.3) is 0 Å². The number of hydrogen-bond donors (Lipinski definition) is 2. The zero-order valence-electron chi connectivity index (χ0n) is 15.5. The molecule has 2 N–H and O–H groups in total. The normalized spacial score (nSPS) is 11.8. The summed E-state index contributed by atoms with van der Waals surface area (Å²) in [6.07, 6.45) is 2.44. The van der Waals surface area contributed by atoms with E-state index in [1.54, 1.807) is 26.2 Å². The molecule has 0 bridgehead atoms. The monoisotopic (exact) mass is 494 g/mol. The number of guanidine groups is 1. The lowest BCUT2D eigenvalue weighted by Crippen LogP contribution is -2.43. The summed E-state index contributed by atoms with van der Waals surface area (Å²) in [4.78, 5) is 17.5. The lowest BCUT2D eigenvalue weighted by molar-refractivity contribution is -0.127. The molecule has 0 aromatic heterocycles. The van der Waals surface area contributed by atoms with Gasteiger partial charge in [-0.2, -0.15) is 0 Å². The van der Waals surface area contributed by atoms with Gasteiger partial charge in [0.25, 0.3) is 0 Å². The molecule has 0 aliphatic carbocycles. The molecule has 1 aromatic rings. The highest BCUT2D eigenvalue weighted by Crippen LogP contribution is 2.24. The van der Waals surface area contributed by atoms with Gasteiger partial charge in [0.15, 0.2) is 5.96 Å². The van der Waals surface area contributed by atoms with E-state index < -0.39 is 0 Å². The van der Waals surface area contributed by atoms with E-state index in [-0.39, 0.29) is 42.5 Å². The Balaban J connectivity index is 0.00000625. The maximum Gasteiger partial charge on any atom is 0.243 e. The van der Waals surface area contributed by atoms with Gasteiger partial charge in [-0.3, -0.25) is 4.79 Å². The van der Waals surface area contributed by atoms with Crippen LogP contribution in [0.4, 0.5) is 0 Å². The van der Waals surface area contributed by atoms with Crippen LogP contribution in [0.3, 0.4) is 0 Å². The molecule has 0 fully saturated rings. The molecule has 6 nitrogen and oxygen atoms in total. The molecule has 1 rings (SSSR count). The number of benzene rings is 1. The smallest absolute Gasteiger partial charge is 0.243 e. The van der Waals surface area contributed by atoms with E-state index in [0.717, 1.165) is 6.42 Å². The van der Waals surface area contributed by atoms with Gasteiger partial charge in [-0.25, -0.2) is 4.99 Å². The number of nitrogens with one attached hydrogen (secondary N) is 2. The molecule has 0 aliphatic rings. The largest absolute Gasteiger partial charge is 0.487 e. The minimum Gasteiger partial charge on any atom is -0.487 e. The maximum atomic E-state index is 11.7. The maximum absolute atomic E-state index is 11.7. The molecule has 1 aromatic carbocycles. The van der Waals surface area contributed by atoms with Crippen LogP contribution < -0.4 is 15.4 Å². The minimum atomic E-state index is -0.0832. The fraction of sp³-hybridized carbons (Fsp3) is 0.444. The van der Waals surface area contributed by atoms with Crippen molar-refractivity contribution in [3.05, 3.63) is 41.9 Å². The van der Waals surface area contributed by atoms with E-state index in [9.17, 15) is 4.79 Å². The van der Waals surface area contributed by atoms with Gasteiger partial charge in [0.05, 0.1) is 11.6 Å². The van der Waals surface area contributed by atoms with Crippen molar-refractivity contribution in [2.24, 2.45) is 4.99 Å². The predicted octanol–water partition coefficient (Wildman–Crippen LogP) is 2.92. The Morgan fingerprint density at radius 2 is 2.08 bits per heavy atom. The molecule has 0 spiro atoms. The van der Waals surface area contributed by atoms with Crippen LogP contribution >= 0.6 is 35.6 Å². The third kappa shape index (κ3) is 9.28. The first kappa shape index (κ1) is 24.5. The number of halogens is 2. The molecule has 146 valence electrons. The van der Waals surface area contributed by atoms with E-state index in [2.05, 4.69) is 22.2 Å². The first-order chi connectivity index (χ1) is 12.0. The second-order valence-corrected chi connectivity index (χ2v) is 5.99. The molecule has 1 amide bonds. The average Bonchev–Trinajstić information content (AvgIpc) is 2.60. The molecular formula is C18H28ClIN4O2. The number of nitrogens with zero attached hydrogens (tertiary/aromatic N) is 2. The Bertz CT molecular complexity index is 596. The predicted molar refractivity (Wildman–Crippen MR) is 119 cm³/mol. The van der Waals surface area contributed by atoms with Crippen LogP contribution in [0.1, 0.15) is 13.3 Å². The number of hydrogen-bond acceptors (Lipinski definition) is 3. The van der Waals surface area contributed by atoms with E-state index >= 15 is 0 Å². The Labute approximate surface area is 178 Å². The summed E-state index contributed by atoms with van der Waals surface area (Å²) in [5.41, 5.74) is 0. The van der Waals surface area contributed by atoms with E-state index in [4.69, 9.17) is 16.3 Å². The van der Waals surface area contributed by atoms with Gasteiger partial charge < -0.3 is 20.3 Å². The highest BCUT2D eigenvalue weighted by atomic mass is 127. The lowest BCUT2D eigenvalue weighted by Gasteiger charge is -2.20. The van der Waals surface area contributed by atoms with Crippen molar-refractivity contribution in [3.63, 3.8) is 0 Å². The van der Waals surface area contributed by atoms with Crippen molar-refractivity contribution in [1.82, 2.24) is 15.5 Å². The van der Waals surface area contributed by atoms with Crippen molar-refractivity contribution >= 4 is 47.4 Å². The second-order valence-electron chi connectivity index (χ2n) is 5.58. The number of para-hydroxylation sites is 1. The molecule has 0 heterocycles. The Kier molecular flexibility index (Phi) is 12.9. The van der Waals surface area contributed by atoms with Gasteiger partial charge in [-0.1, -0.05) is 36.7 Å². The highest BCUT2D eigenvalue weighted by molar-refractivity contribution is 14.0. The zero-order chi connectivity index (χ0) is 18.7. The quantitative estimate of drug-likeness (QED) is 0.240. The van der Waals surface area contributed by atoms with E-state index in [0.29, 0.717) is 29.8 Å². The second kappa shape index (κ2) is 13.7. The van der Waals surface area contributed by atoms with Crippen LogP contribution in [-0.4, -0.2) is 56.6 Å². The molecule has 1 atom stereocenters. The molecule has 26 heavy (non-hydrogen) atoms. The number of carbonyl (C=O) groups is 1. The van der Waals surface area contributed by atoms with Crippen molar-refractivity contribution in [2.45, 2.75) is 19.4 Å². The fourth-order valence-corrected chi connectivity index (χ4v) is 2.01. The number of aliphatic imine (C=N–C) groups is 1. The van der Waals surface area contributed by atoms with Crippen molar-refractivity contribution < 1.29 is 9.53 Å². The van der Waals surface area contributed by atoms with Crippen molar-refractivity contribution in [3.8, 4) is 5.75 Å². The van der Waals surface area contributed by atoms with Gasteiger partial charge in [-0.05, 0) is 18.6 Å². The summed E-state index contributed by atoms with van der Waals surface area (Å²) in [7, 11) is 3.40. The van der Waals surface area contributed by atoms with E-state index in [1.165, 1.54) is 4.90 Å². The number of carbonyl (C=O) groups excluding carboxylic acids is 1. The Morgan fingerprint density at radius 3 is 2.65 bits per heavy atom. The summed E-state index contributed by atoms with van der Waals surface area (Å²) in [5.74, 6) is 1.12. The summed E-state index contributed by atoms with van der Waals surface area (Å²) in [5, 5.41) is 6.86. The van der Waals surface area contributed by atoms with Crippen molar-refractivity contribution in [2.75, 3.05) is 33.7 Å². The van der Waals surface area contributed by atoms with Gasteiger partial charge in [-0.15, -0.1) is 30.6 Å². The van der Waals surface area contributed by atoms with Crippen LogP contribution in [0.2, 0.25) is 5.02 Å². The number of amides is 1. The summed E-state index contributed by atoms with van der Waals surface area (Å²) in [6, 6.07) is 7.38. The highest BCUT2D eigenvalue weighted by Gasteiger charge is 2.12. The lowest BCUT2D eigenvalue weighted by atomic mass is 10.2. The molecular weight excluding hydrogens is 467 g/mol. The van der Waals surface area contributed by atoms with Crippen LogP contribution in [0.15, 0.2) is 41.9 Å². The molecule has 1 unspecified atom stereocenters. The topological polar surface area (TPSA) is 66.0 Å². The number of likely N-dealkylation sites (N-methyl/N-ethyl adjacent to an activating group) is 1. The minimum absolute atomic E-state index is 0. The zero-order valence-corrected chi connectivity index (χ0v) is 18.6. The van der Waals surface area contributed by atoms with Gasteiger partial charge in [0.2, 0.25) is 5.91 Å². The molecule has 0 saturated heterocycles. The van der Waals surface area contributed by atoms with Gasteiger partial charge in [0, 0.05) is 20.6 Å². The van der Waals surface area contributed by atoms with E-state index in [1.807, 2.05) is 25.1 Å². The first-order valence-corrected chi connectivity index (χ1v) is 8.60. The fourth-order valence-electron chi connectivity index (χ4n) is 1.83. The summed E-state index contributed by atoms with van der Waals surface area (Å²) < 4.78 is 5.94. The molecule has 0 aliphatic heterocycles. The molecule has 0 radical (unpaired) electrons. The van der Waals surface area contributed by atoms with Crippen LogP contribution in [-0.2, 0) is 4.79 Å². The van der Waals surface area contributed by atoms with Crippen LogP contribution in [0.5, 0.6) is 5.75 Å². The molecule has 8 heteroatoms. The van der Waals surface area contributed by atoms with Gasteiger partial charge in [0.1, 0.15) is 18.4 Å². The third-order valence-electron chi connectivity index (χ3n) is 3.37. The first-order valence-electron chi connectivity index (χ1n) is 8.22. The average molecular weight is 495 g/mol. The van der Waals surface area contributed by atoms with Crippen molar-refractivity contribution in [1.29, 1.82) is 0 Å². The summed E-state index contributed by atoms with van der Waals surface area (Å²) in [6.45, 7) is 6.85. The third-order valence-corrected chi connectivity index (χ3v) is 3.68. The molecule has 0 saturated carbocycles. The Hall–Kier alpha value is -1.48. The Morgan fingerprint density at radius 1 is 1.38 bits per heavy atom. The van der Waals surface area contributed by atoms with Crippen LogP contribution in [0, 0.1) is 0 Å². The SMILES string of the molecule is C=CCNC(=NCC(=O)N(C)C)NCC(CC)Oc1ccccc1Cl.I.